The predicted octanol–water partition coefficient (Wildman–Crippen LogP) is 0.905. The highest BCUT2D eigenvalue weighted by atomic mass is 16.5. The number of hydrogen-bond donors (Lipinski definition) is 1. The standard InChI is InChI=1S/C13H21N3O2/c1-3-17-12-5-4-6-15-13(12)16(2)10-11-9-14-7-8-18-11/h4-6,11,14H,3,7-10H2,1-2H3. The Labute approximate surface area is 108 Å². The van der Waals surface area contributed by atoms with Crippen LogP contribution in [-0.4, -0.2) is 51.0 Å². The smallest absolute Gasteiger partial charge is 0.171 e. The minimum Gasteiger partial charge on any atom is -0.490 e. The average Bonchev–Trinajstić information content (AvgIpc) is 2.41. The van der Waals surface area contributed by atoms with E-state index in [1.807, 2.05) is 26.1 Å². The molecule has 2 heterocycles. The molecule has 1 atom stereocenters. The summed E-state index contributed by atoms with van der Waals surface area (Å²) in [4.78, 5) is 6.47. The summed E-state index contributed by atoms with van der Waals surface area (Å²) >= 11 is 0. The molecule has 1 aromatic rings. The van der Waals surface area contributed by atoms with E-state index in [9.17, 15) is 0 Å². The topological polar surface area (TPSA) is 46.6 Å². The molecule has 1 unspecified atom stereocenters. The third-order valence-electron chi connectivity index (χ3n) is 2.89. The van der Waals surface area contributed by atoms with E-state index in [1.165, 1.54) is 0 Å². The van der Waals surface area contributed by atoms with Gasteiger partial charge in [-0.15, -0.1) is 0 Å². The van der Waals surface area contributed by atoms with Gasteiger partial charge in [0.15, 0.2) is 11.6 Å². The van der Waals surface area contributed by atoms with Gasteiger partial charge < -0.3 is 19.7 Å². The van der Waals surface area contributed by atoms with Gasteiger partial charge in [0, 0.05) is 32.9 Å². The fourth-order valence-electron chi connectivity index (χ4n) is 2.07. The maximum atomic E-state index is 5.70. The molecule has 1 N–H and O–H groups in total. The SMILES string of the molecule is CCOc1cccnc1N(C)CC1CNCCO1. The Hall–Kier alpha value is -1.33. The summed E-state index contributed by atoms with van der Waals surface area (Å²) in [7, 11) is 2.02. The average molecular weight is 251 g/mol. The van der Waals surface area contributed by atoms with Crippen LogP contribution >= 0.6 is 0 Å². The lowest BCUT2D eigenvalue weighted by Crippen LogP contribution is -2.44. The van der Waals surface area contributed by atoms with Crippen LogP contribution in [0.5, 0.6) is 5.75 Å². The summed E-state index contributed by atoms with van der Waals surface area (Å²) in [5, 5.41) is 3.33. The molecule has 2 rings (SSSR count). The van der Waals surface area contributed by atoms with E-state index in [4.69, 9.17) is 9.47 Å². The second-order valence-corrected chi connectivity index (χ2v) is 4.34. The van der Waals surface area contributed by atoms with Crippen LogP contribution in [0.2, 0.25) is 0 Å². The van der Waals surface area contributed by atoms with Crippen molar-refractivity contribution in [3.63, 3.8) is 0 Å². The van der Waals surface area contributed by atoms with Gasteiger partial charge in [0.05, 0.1) is 19.3 Å². The van der Waals surface area contributed by atoms with Crippen LogP contribution in [0.25, 0.3) is 0 Å². The molecular weight excluding hydrogens is 230 g/mol. The van der Waals surface area contributed by atoms with Crippen LogP contribution in [0, 0.1) is 0 Å². The summed E-state index contributed by atoms with van der Waals surface area (Å²) in [6, 6.07) is 3.84. The molecule has 0 spiro atoms. The maximum Gasteiger partial charge on any atom is 0.171 e. The van der Waals surface area contributed by atoms with Crippen molar-refractivity contribution >= 4 is 5.82 Å². The van der Waals surface area contributed by atoms with Gasteiger partial charge in [-0.3, -0.25) is 0 Å². The van der Waals surface area contributed by atoms with Gasteiger partial charge in [0.2, 0.25) is 0 Å². The molecule has 0 aromatic carbocycles. The normalized spacial score (nSPS) is 19.6. The zero-order valence-corrected chi connectivity index (χ0v) is 11.1. The highest BCUT2D eigenvalue weighted by molar-refractivity contribution is 5.51. The number of nitrogens with zero attached hydrogens (tertiary/aromatic N) is 2. The summed E-state index contributed by atoms with van der Waals surface area (Å²) in [5.41, 5.74) is 0. The van der Waals surface area contributed by atoms with Crippen LogP contribution < -0.4 is 15.0 Å². The Morgan fingerprint density at radius 2 is 2.50 bits per heavy atom. The van der Waals surface area contributed by atoms with Crippen LogP contribution in [0.4, 0.5) is 5.82 Å². The lowest BCUT2D eigenvalue weighted by molar-refractivity contribution is 0.0339. The number of likely N-dealkylation sites (N-methyl/N-ethyl adjacent to an activating group) is 1. The van der Waals surface area contributed by atoms with Crippen LogP contribution in [0.1, 0.15) is 6.92 Å². The van der Waals surface area contributed by atoms with Crippen molar-refractivity contribution in [1.82, 2.24) is 10.3 Å². The van der Waals surface area contributed by atoms with Crippen LogP contribution in [0.3, 0.4) is 0 Å². The number of pyridine rings is 1. The number of nitrogens with one attached hydrogen (secondary N) is 1. The van der Waals surface area contributed by atoms with Crippen molar-refractivity contribution in [2.45, 2.75) is 13.0 Å². The van der Waals surface area contributed by atoms with E-state index in [1.54, 1.807) is 6.20 Å². The fourth-order valence-corrected chi connectivity index (χ4v) is 2.07. The molecule has 5 heteroatoms. The Kier molecular flexibility index (Phi) is 4.78. The first-order valence-corrected chi connectivity index (χ1v) is 6.42. The Morgan fingerprint density at radius 3 is 3.22 bits per heavy atom. The number of aromatic nitrogens is 1. The number of rotatable bonds is 5. The molecule has 1 saturated heterocycles. The van der Waals surface area contributed by atoms with Gasteiger partial charge in [-0.2, -0.15) is 0 Å². The molecule has 1 aromatic heterocycles. The molecule has 1 aliphatic rings. The predicted molar refractivity (Wildman–Crippen MR) is 71.3 cm³/mol. The fraction of sp³-hybridized carbons (Fsp3) is 0.615. The monoisotopic (exact) mass is 251 g/mol. The summed E-state index contributed by atoms with van der Waals surface area (Å²) in [5.74, 6) is 1.69. The molecule has 0 saturated carbocycles. The minimum absolute atomic E-state index is 0.209. The minimum atomic E-state index is 0.209. The lowest BCUT2D eigenvalue weighted by Gasteiger charge is -2.29. The van der Waals surface area contributed by atoms with E-state index in [2.05, 4.69) is 15.2 Å². The van der Waals surface area contributed by atoms with Crippen molar-refractivity contribution in [1.29, 1.82) is 0 Å². The highest BCUT2D eigenvalue weighted by Gasteiger charge is 2.18. The molecule has 0 bridgehead atoms. The second kappa shape index (κ2) is 6.56. The highest BCUT2D eigenvalue weighted by Crippen LogP contribution is 2.24. The molecule has 1 fully saturated rings. The van der Waals surface area contributed by atoms with E-state index >= 15 is 0 Å². The quantitative estimate of drug-likeness (QED) is 0.842. The third kappa shape index (κ3) is 3.34. The van der Waals surface area contributed by atoms with Crippen molar-refractivity contribution in [3.8, 4) is 5.75 Å². The molecular formula is C13H21N3O2. The van der Waals surface area contributed by atoms with Crippen molar-refractivity contribution in [2.24, 2.45) is 0 Å². The van der Waals surface area contributed by atoms with Crippen molar-refractivity contribution in [3.05, 3.63) is 18.3 Å². The van der Waals surface area contributed by atoms with Gasteiger partial charge >= 0.3 is 0 Å². The Balaban J connectivity index is 2.00. The van der Waals surface area contributed by atoms with E-state index in [-0.39, 0.29) is 6.10 Å². The number of ether oxygens (including phenoxy) is 2. The lowest BCUT2D eigenvalue weighted by atomic mass is 10.3. The van der Waals surface area contributed by atoms with Crippen molar-refractivity contribution < 1.29 is 9.47 Å². The van der Waals surface area contributed by atoms with Gasteiger partial charge in [-0.05, 0) is 19.1 Å². The molecule has 5 nitrogen and oxygen atoms in total. The summed E-state index contributed by atoms with van der Waals surface area (Å²) in [6.07, 6.45) is 1.99. The van der Waals surface area contributed by atoms with Gasteiger partial charge in [0.25, 0.3) is 0 Å². The van der Waals surface area contributed by atoms with Gasteiger partial charge in [-0.1, -0.05) is 0 Å². The summed E-state index contributed by atoms with van der Waals surface area (Å²) < 4.78 is 11.3. The van der Waals surface area contributed by atoms with E-state index < -0.39 is 0 Å². The number of anilines is 1. The molecule has 18 heavy (non-hydrogen) atoms. The van der Waals surface area contributed by atoms with Crippen LogP contribution in [-0.2, 0) is 4.74 Å². The van der Waals surface area contributed by atoms with Gasteiger partial charge in [-0.25, -0.2) is 4.98 Å². The summed E-state index contributed by atoms with van der Waals surface area (Å²) in [6.45, 7) is 6.04. The number of hydrogen-bond acceptors (Lipinski definition) is 5. The number of morpholine rings is 1. The van der Waals surface area contributed by atoms with Crippen molar-refractivity contribution in [2.75, 3.05) is 44.8 Å². The van der Waals surface area contributed by atoms with Crippen LogP contribution in [0.15, 0.2) is 18.3 Å². The maximum absolute atomic E-state index is 5.70. The molecule has 100 valence electrons. The van der Waals surface area contributed by atoms with E-state index in [0.717, 1.165) is 37.8 Å². The second-order valence-electron chi connectivity index (χ2n) is 4.34. The zero-order chi connectivity index (χ0) is 12.8. The molecule has 1 aliphatic heterocycles. The van der Waals surface area contributed by atoms with E-state index in [0.29, 0.717) is 6.61 Å². The zero-order valence-electron chi connectivity index (χ0n) is 11.1. The molecule has 0 aliphatic carbocycles. The third-order valence-corrected chi connectivity index (χ3v) is 2.89. The first-order valence-electron chi connectivity index (χ1n) is 6.42. The van der Waals surface area contributed by atoms with Gasteiger partial charge in [0.1, 0.15) is 0 Å². The molecule has 0 amide bonds. The first kappa shape index (κ1) is 13.1. The molecule has 0 radical (unpaired) electrons. The first-order chi connectivity index (χ1) is 8.81. The Morgan fingerprint density at radius 1 is 1.61 bits per heavy atom. The largest absolute Gasteiger partial charge is 0.490 e. The Bertz CT molecular complexity index is 367.